The zero-order valence-electron chi connectivity index (χ0n) is 12.3. The maximum absolute atomic E-state index is 13.2. The van der Waals surface area contributed by atoms with Gasteiger partial charge < -0.3 is 10.6 Å². The summed E-state index contributed by atoms with van der Waals surface area (Å²) >= 11 is 5.76. The minimum Gasteiger partial charge on any atom is -0.340 e. The van der Waals surface area contributed by atoms with E-state index in [4.69, 9.17) is 16.9 Å². The van der Waals surface area contributed by atoms with Crippen molar-refractivity contribution in [1.29, 1.82) is 5.26 Å². The van der Waals surface area contributed by atoms with Crippen LogP contribution in [0.25, 0.3) is 0 Å². The van der Waals surface area contributed by atoms with E-state index in [2.05, 4.69) is 26.7 Å². The maximum Gasteiger partial charge on any atom is 0.141 e. The average Bonchev–Trinajstić information content (AvgIpc) is 2.59. The molecule has 24 heavy (non-hydrogen) atoms. The summed E-state index contributed by atoms with van der Waals surface area (Å²) in [5.41, 5.74) is 1.90. The Bertz CT molecular complexity index is 923. The highest BCUT2D eigenvalue weighted by atomic mass is 35.5. The first-order valence-electron chi connectivity index (χ1n) is 6.95. The molecule has 0 unspecified atom stereocenters. The van der Waals surface area contributed by atoms with Crippen LogP contribution in [0.15, 0.2) is 54.9 Å². The van der Waals surface area contributed by atoms with Gasteiger partial charge in [-0.2, -0.15) is 5.26 Å². The largest absolute Gasteiger partial charge is 0.340 e. The molecule has 3 aromatic rings. The summed E-state index contributed by atoms with van der Waals surface area (Å²) in [6.45, 7) is 0. The Balaban J connectivity index is 1.78. The molecule has 1 aromatic heterocycles. The van der Waals surface area contributed by atoms with E-state index in [1.54, 1.807) is 30.3 Å². The number of nitriles is 1. The van der Waals surface area contributed by atoms with Crippen LogP contribution < -0.4 is 10.6 Å². The van der Waals surface area contributed by atoms with E-state index in [9.17, 15) is 4.39 Å². The van der Waals surface area contributed by atoms with Gasteiger partial charge in [-0.05, 0) is 36.4 Å². The molecule has 3 rings (SSSR count). The normalized spacial score (nSPS) is 10.0. The zero-order valence-corrected chi connectivity index (χ0v) is 13.0. The summed E-state index contributed by atoms with van der Waals surface area (Å²) in [6.07, 6.45) is 1.39. The van der Waals surface area contributed by atoms with Crippen molar-refractivity contribution in [3.63, 3.8) is 0 Å². The van der Waals surface area contributed by atoms with Crippen LogP contribution in [0.4, 0.5) is 27.4 Å². The number of aromatic nitrogens is 2. The van der Waals surface area contributed by atoms with Gasteiger partial charge in [0.1, 0.15) is 23.8 Å². The van der Waals surface area contributed by atoms with Crippen molar-refractivity contribution in [2.75, 3.05) is 10.6 Å². The van der Waals surface area contributed by atoms with Crippen LogP contribution in [0.2, 0.25) is 5.02 Å². The number of hydrogen-bond donors (Lipinski definition) is 2. The smallest absolute Gasteiger partial charge is 0.141 e. The van der Waals surface area contributed by atoms with Crippen LogP contribution in [0.5, 0.6) is 0 Å². The van der Waals surface area contributed by atoms with E-state index in [1.807, 2.05) is 6.07 Å². The maximum atomic E-state index is 13.2. The van der Waals surface area contributed by atoms with Crippen molar-refractivity contribution in [2.45, 2.75) is 0 Å². The highest BCUT2D eigenvalue weighted by molar-refractivity contribution is 6.31. The van der Waals surface area contributed by atoms with Crippen LogP contribution >= 0.6 is 11.6 Å². The fourth-order valence-electron chi connectivity index (χ4n) is 2.03. The van der Waals surface area contributed by atoms with Crippen molar-refractivity contribution >= 4 is 34.6 Å². The highest BCUT2D eigenvalue weighted by Gasteiger charge is 2.04. The second kappa shape index (κ2) is 6.94. The monoisotopic (exact) mass is 339 g/mol. The molecule has 2 N–H and O–H groups in total. The molecule has 0 bridgehead atoms. The van der Waals surface area contributed by atoms with Gasteiger partial charge in [-0.1, -0.05) is 17.7 Å². The summed E-state index contributed by atoms with van der Waals surface area (Å²) in [5.74, 6) is 0.590. The molecule has 0 atom stereocenters. The number of halogens is 2. The van der Waals surface area contributed by atoms with Gasteiger partial charge in [-0.25, -0.2) is 14.4 Å². The molecule has 0 saturated carbocycles. The van der Waals surface area contributed by atoms with Gasteiger partial charge in [0.15, 0.2) is 0 Å². The summed E-state index contributed by atoms with van der Waals surface area (Å²) in [6, 6.07) is 15.1. The molecular formula is C17H11ClFN5. The summed E-state index contributed by atoms with van der Waals surface area (Å²) in [5, 5.41) is 15.1. The Kier molecular flexibility index (Phi) is 4.54. The van der Waals surface area contributed by atoms with Crippen molar-refractivity contribution in [1.82, 2.24) is 9.97 Å². The predicted octanol–water partition coefficient (Wildman–Crippen LogP) is 4.63. The Morgan fingerprint density at radius 3 is 2.33 bits per heavy atom. The van der Waals surface area contributed by atoms with Gasteiger partial charge in [0.2, 0.25) is 0 Å². The van der Waals surface area contributed by atoms with E-state index >= 15 is 0 Å². The molecule has 1 heterocycles. The molecule has 5 nitrogen and oxygen atoms in total. The van der Waals surface area contributed by atoms with Gasteiger partial charge in [-0.3, -0.25) is 0 Å². The minimum absolute atomic E-state index is 0.0284. The molecule has 118 valence electrons. The van der Waals surface area contributed by atoms with E-state index in [1.165, 1.54) is 18.5 Å². The quantitative estimate of drug-likeness (QED) is 0.725. The van der Waals surface area contributed by atoms with Gasteiger partial charge in [0, 0.05) is 17.4 Å². The predicted molar refractivity (Wildman–Crippen MR) is 91.2 cm³/mol. The number of rotatable bonds is 4. The first-order chi connectivity index (χ1) is 11.6. The van der Waals surface area contributed by atoms with Gasteiger partial charge in [0.25, 0.3) is 0 Å². The molecule has 0 radical (unpaired) electrons. The fourth-order valence-corrected chi connectivity index (χ4v) is 2.21. The van der Waals surface area contributed by atoms with Gasteiger partial charge in [-0.15, -0.1) is 0 Å². The van der Waals surface area contributed by atoms with Crippen LogP contribution in [-0.4, -0.2) is 9.97 Å². The molecule has 0 amide bonds. The lowest BCUT2D eigenvalue weighted by Gasteiger charge is -2.09. The van der Waals surface area contributed by atoms with Crippen molar-refractivity contribution in [3.8, 4) is 6.07 Å². The first-order valence-corrected chi connectivity index (χ1v) is 7.33. The van der Waals surface area contributed by atoms with Crippen LogP contribution in [0.1, 0.15) is 5.56 Å². The van der Waals surface area contributed by atoms with Crippen molar-refractivity contribution < 1.29 is 4.39 Å². The Morgan fingerprint density at radius 2 is 1.67 bits per heavy atom. The summed E-state index contributed by atoms with van der Waals surface area (Å²) < 4.78 is 13.2. The van der Waals surface area contributed by atoms with Gasteiger partial charge >= 0.3 is 0 Å². The average molecular weight is 340 g/mol. The van der Waals surface area contributed by atoms with Crippen LogP contribution in [0.3, 0.4) is 0 Å². The van der Waals surface area contributed by atoms with Crippen molar-refractivity contribution in [3.05, 3.63) is 71.3 Å². The molecule has 0 saturated heterocycles. The fraction of sp³-hybridized carbons (Fsp3) is 0. The topological polar surface area (TPSA) is 73.6 Å². The third-order valence-corrected chi connectivity index (χ3v) is 3.41. The molecule has 2 aromatic carbocycles. The standard InChI is InChI=1S/C17H11ClFN5/c18-14-7-13(4-5-15(14)19)24-17-8-16(21-10-22-17)23-12-3-1-2-11(6-12)9-20/h1-8,10H,(H2,21,22,23,24). The van der Waals surface area contributed by atoms with Crippen LogP contribution in [0, 0.1) is 17.1 Å². The zero-order chi connectivity index (χ0) is 16.9. The number of nitrogens with one attached hydrogen (secondary N) is 2. The molecule has 0 fully saturated rings. The second-order valence-electron chi connectivity index (χ2n) is 4.86. The lowest BCUT2D eigenvalue weighted by molar-refractivity contribution is 0.628. The molecular weight excluding hydrogens is 329 g/mol. The van der Waals surface area contributed by atoms with E-state index in [0.29, 0.717) is 22.9 Å². The summed E-state index contributed by atoms with van der Waals surface area (Å²) in [7, 11) is 0. The molecule has 0 aliphatic carbocycles. The lowest BCUT2D eigenvalue weighted by Crippen LogP contribution is -1.99. The summed E-state index contributed by atoms with van der Waals surface area (Å²) in [4.78, 5) is 8.24. The molecule has 7 heteroatoms. The SMILES string of the molecule is N#Cc1cccc(Nc2cc(Nc3ccc(F)c(Cl)c3)ncn2)c1. The molecule has 0 aliphatic heterocycles. The van der Waals surface area contributed by atoms with E-state index in [-0.39, 0.29) is 5.02 Å². The Morgan fingerprint density at radius 1 is 0.958 bits per heavy atom. The number of hydrogen-bond acceptors (Lipinski definition) is 5. The third-order valence-electron chi connectivity index (χ3n) is 3.12. The Labute approximate surface area is 142 Å². The highest BCUT2D eigenvalue weighted by Crippen LogP contribution is 2.23. The molecule has 0 spiro atoms. The number of nitrogens with zero attached hydrogens (tertiary/aromatic N) is 3. The first kappa shape index (κ1) is 15.7. The van der Waals surface area contributed by atoms with Gasteiger partial charge in [0.05, 0.1) is 16.7 Å². The minimum atomic E-state index is -0.482. The molecule has 0 aliphatic rings. The van der Waals surface area contributed by atoms with Crippen LogP contribution in [-0.2, 0) is 0 Å². The lowest BCUT2D eigenvalue weighted by atomic mass is 10.2. The second-order valence-corrected chi connectivity index (χ2v) is 5.27. The number of anilines is 4. The van der Waals surface area contributed by atoms with E-state index in [0.717, 1.165) is 5.69 Å². The Hall–Kier alpha value is -3.17. The van der Waals surface area contributed by atoms with E-state index < -0.39 is 5.82 Å². The van der Waals surface area contributed by atoms with Crippen molar-refractivity contribution in [2.24, 2.45) is 0 Å². The third kappa shape index (κ3) is 3.77. The number of benzene rings is 2.